The molecule has 0 aliphatic heterocycles. The third kappa shape index (κ3) is 5.26. The number of para-hydroxylation sites is 1. The largest absolute Gasteiger partial charge is 0.383 e. The number of methoxy groups -OCH3 is 1. The van der Waals surface area contributed by atoms with Crippen molar-refractivity contribution in [1.29, 1.82) is 0 Å². The van der Waals surface area contributed by atoms with E-state index >= 15 is 0 Å². The highest BCUT2D eigenvalue weighted by atomic mass is 19.1. The fraction of sp³-hybridized carbons (Fsp3) is 0.200. The van der Waals surface area contributed by atoms with E-state index in [-0.39, 0.29) is 25.6 Å². The van der Waals surface area contributed by atoms with E-state index in [0.29, 0.717) is 16.8 Å². The van der Waals surface area contributed by atoms with Crippen LogP contribution in [0, 0.1) is 5.82 Å². The smallest absolute Gasteiger partial charge is 0.251 e. The van der Waals surface area contributed by atoms with Gasteiger partial charge in [-0.2, -0.15) is 0 Å². The number of amides is 2. The number of hydrogen-bond acceptors (Lipinski definition) is 5. The number of fused-ring (bicyclic) bond motifs is 1. The summed E-state index contributed by atoms with van der Waals surface area (Å²) in [6.07, 6.45) is 0. The Labute approximate surface area is 195 Å². The highest BCUT2D eigenvalue weighted by molar-refractivity contribution is 5.98. The molecule has 0 saturated heterocycles. The lowest BCUT2D eigenvalue weighted by atomic mass is 10.0. The third-order valence-corrected chi connectivity index (χ3v) is 5.35. The zero-order chi connectivity index (χ0) is 23.9. The molecule has 1 atom stereocenters. The van der Waals surface area contributed by atoms with Crippen LogP contribution in [0.4, 0.5) is 10.1 Å². The van der Waals surface area contributed by atoms with Crippen molar-refractivity contribution in [3.63, 3.8) is 0 Å². The molecule has 0 spiro atoms. The second-order valence-electron chi connectivity index (χ2n) is 7.63. The van der Waals surface area contributed by atoms with E-state index in [4.69, 9.17) is 4.74 Å². The van der Waals surface area contributed by atoms with Crippen LogP contribution in [0.3, 0.4) is 0 Å². The van der Waals surface area contributed by atoms with Crippen molar-refractivity contribution in [2.75, 3.05) is 25.6 Å². The summed E-state index contributed by atoms with van der Waals surface area (Å²) in [5.74, 6) is -1.16. The van der Waals surface area contributed by atoms with E-state index in [9.17, 15) is 14.0 Å². The maximum atomic E-state index is 13.5. The fourth-order valence-electron chi connectivity index (χ4n) is 3.69. The van der Waals surface area contributed by atoms with Gasteiger partial charge in [-0.3, -0.25) is 9.59 Å². The average Bonchev–Trinajstić information content (AvgIpc) is 3.26. The predicted molar refractivity (Wildman–Crippen MR) is 125 cm³/mol. The van der Waals surface area contributed by atoms with Crippen LogP contribution >= 0.6 is 0 Å². The summed E-state index contributed by atoms with van der Waals surface area (Å²) in [6.45, 7) is 0.312. The molecular weight excluding hydrogens is 437 g/mol. The predicted octanol–water partition coefficient (Wildman–Crippen LogP) is 3.43. The molecule has 1 unspecified atom stereocenters. The van der Waals surface area contributed by atoms with Crippen LogP contribution in [-0.2, 0) is 20.9 Å². The Morgan fingerprint density at radius 3 is 2.47 bits per heavy atom. The molecule has 0 aliphatic carbocycles. The van der Waals surface area contributed by atoms with E-state index in [2.05, 4.69) is 15.6 Å². The second kappa shape index (κ2) is 10.7. The van der Waals surface area contributed by atoms with Crippen molar-refractivity contribution in [2.24, 2.45) is 0 Å². The van der Waals surface area contributed by atoms with Crippen molar-refractivity contribution in [1.82, 2.24) is 19.9 Å². The van der Waals surface area contributed by atoms with Gasteiger partial charge < -0.3 is 15.0 Å². The van der Waals surface area contributed by atoms with E-state index in [1.807, 2.05) is 30.3 Å². The number of rotatable bonds is 9. The SMILES string of the molecule is COCCN(C(=O)Cn1nnc2ccccc21)C(C(=O)Nc1ccc(F)cc1)c1ccccc1. The summed E-state index contributed by atoms with van der Waals surface area (Å²) in [4.78, 5) is 28.4. The van der Waals surface area contributed by atoms with Crippen molar-refractivity contribution in [3.8, 4) is 0 Å². The van der Waals surface area contributed by atoms with Crippen LogP contribution in [0.25, 0.3) is 11.0 Å². The molecular formula is C25H24FN5O3. The lowest BCUT2D eigenvalue weighted by Crippen LogP contribution is -2.44. The van der Waals surface area contributed by atoms with Gasteiger partial charge in [0, 0.05) is 19.3 Å². The molecule has 0 saturated carbocycles. The van der Waals surface area contributed by atoms with Gasteiger partial charge in [-0.05, 0) is 42.0 Å². The monoisotopic (exact) mass is 461 g/mol. The van der Waals surface area contributed by atoms with Crippen molar-refractivity contribution in [2.45, 2.75) is 12.6 Å². The number of carbonyl (C=O) groups excluding carboxylic acids is 2. The number of nitrogens with zero attached hydrogens (tertiary/aromatic N) is 4. The number of aromatic nitrogens is 3. The van der Waals surface area contributed by atoms with Crippen LogP contribution in [0.5, 0.6) is 0 Å². The summed E-state index contributed by atoms with van der Waals surface area (Å²) < 4.78 is 20.1. The molecule has 4 rings (SSSR count). The number of anilines is 1. The summed E-state index contributed by atoms with van der Waals surface area (Å²) in [7, 11) is 1.53. The Balaban J connectivity index is 1.66. The standard InChI is InChI=1S/C25H24FN5O3/c1-34-16-15-30(23(32)17-31-22-10-6-5-9-21(22)28-29-31)24(18-7-3-2-4-8-18)25(33)27-20-13-11-19(26)12-14-20/h2-14,24H,15-17H2,1H3,(H,27,33). The van der Waals surface area contributed by atoms with Crippen LogP contribution in [0.15, 0.2) is 78.9 Å². The molecule has 0 aliphatic rings. The maximum Gasteiger partial charge on any atom is 0.251 e. The van der Waals surface area contributed by atoms with Gasteiger partial charge in [0.05, 0.1) is 12.1 Å². The lowest BCUT2D eigenvalue weighted by molar-refractivity contribution is -0.140. The Hall–Kier alpha value is -4.11. The van der Waals surface area contributed by atoms with Crippen LogP contribution < -0.4 is 5.32 Å². The van der Waals surface area contributed by atoms with Gasteiger partial charge in [0.2, 0.25) is 5.91 Å². The Bertz CT molecular complexity index is 1260. The van der Waals surface area contributed by atoms with E-state index < -0.39 is 17.8 Å². The van der Waals surface area contributed by atoms with Gasteiger partial charge in [-0.25, -0.2) is 9.07 Å². The van der Waals surface area contributed by atoms with Crippen molar-refractivity contribution in [3.05, 3.63) is 90.2 Å². The van der Waals surface area contributed by atoms with Gasteiger partial charge in [0.15, 0.2) is 0 Å². The van der Waals surface area contributed by atoms with Gasteiger partial charge in [-0.15, -0.1) is 5.10 Å². The first-order valence-corrected chi connectivity index (χ1v) is 10.7. The minimum atomic E-state index is -0.941. The van der Waals surface area contributed by atoms with Crippen molar-refractivity contribution >= 4 is 28.5 Å². The normalized spacial score (nSPS) is 11.8. The molecule has 0 bridgehead atoms. The molecule has 3 aromatic carbocycles. The van der Waals surface area contributed by atoms with Gasteiger partial charge in [-0.1, -0.05) is 47.7 Å². The molecule has 0 radical (unpaired) electrons. The van der Waals surface area contributed by atoms with E-state index in [0.717, 1.165) is 5.52 Å². The van der Waals surface area contributed by atoms with Crippen LogP contribution in [0.2, 0.25) is 0 Å². The molecule has 9 heteroatoms. The Kier molecular flexibility index (Phi) is 7.24. The Morgan fingerprint density at radius 2 is 1.74 bits per heavy atom. The molecule has 8 nitrogen and oxygen atoms in total. The highest BCUT2D eigenvalue weighted by Crippen LogP contribution is 2.24. The third-order valence-electron chi connectivity index (χ3n) is 5.35. The minimum absolute atomic E-state index is 0.0998. The van der Waals surface area contributed by atoms with Crippen molar-refractivity contribution < 1.29 is 18.7 Å². The number of nitrogens with one attached hydrogen (secondary N) is 1. The summed E-state index contributed by atoms with van der Waals surface area (Å²) in [6, 6.07) is 20.9. The van der Waals surface area contributed by atoms with E-state index in [1.165, 1.54) is 41.0 Å². The van der Waals surface area contributed by atoms with Gasteiger partial charge in [0.25, 0.3) is 5.91 Å². The number of ether oxygens (including phenoxy) is 1. The number of hydrogen-bond donors (Lipinski definition) is 1. The van der Waals surface area contributed by atoms with E-state index in [1.54, 1.807) is 24.3 Å². The van der Waals surface area contributed by atoms with Crippen LogP contribution in [0.1, 0.15) is 11.6 Å². The topological polar surface area (TPSA) is 89.3 Å². The molecule has 4 aromatic rings. The second-order valence-corrected chi connectivity index (χ2v) is 7.63. The average molecular weight is 461 g/mol. The zero-order valence-electron chi connectivity index (χ0n) is 18.6. The lowest BCUT2D eigenvalue weighted by Gasteiger charge is -2.31. The van der Waals surface area contributed by atoms with Gasteiger partial charge >= 0.3 is 0 Å². The number of halogens is 1. The summed E-state index contributed by atoms with van der Waals surface area (Å²) >= 11 is 0. The van der Waals surface area contributed by atoms with Crippen LogP contribution in [-0.4, -0.2) is 52.0 Å². The number of carbonyl (C=O) groups is 2. The fourth-order valence-corrected chi connectivity index (χ4v) is 3.69. The Morgan fingerprint density at radius 1 is 1.03 bits per heavy atom. The first kappa shape index (κ1) is 23.1. The molecule has 1 aromatic heterocycles. The van der Waals surface area contributed by atoms with Gasteiger partial charge in [0.1, 0.15) is 23.9 Å². The summed E-state index contributed by atoms with van der Waals surface area (Å²) in [5, 5.41) is 11.0. The highest BCUT2D eigenvalue weighted by Gasteiger charge is 2.31. The maximum absolute atomic E-state index is 13.5. The molecule has 1 heterocycles. The molecule has 174 valence electrons. The molecule has 0 fully saturated rings. The first-order valence-electron chi connectivity index (χ1n) is 10.7. The molecule has 2 amide bonds. The first-order chi connectivity index (χ1) is 16.6. The minimum Gasteiger partial charge on any atom is -0.383 e. The molecule has 1 N–H and O–H groups in total. The molecule has 34 heavy (non-hydrogen) atoms. The zero-order valence-corrected chi connectivity index (χ0v) is 18.6. The number of benzene rings is 3. The summed E-state index contributed by atoms with van der Waals surface area (Å²) in [5.41, 5.74) is 2.45. The quantitative estimate of drug-likeness (QED) is 0.413.